The predicted molar refractivity (Wildman–Crippen MR) is 54.0 cm³/mol. The van der Waals surface area contributed by atoms with E-state index in [4.69, 9.17) is 0 Å². The molecule has 0 bridgehead atoms. The molecule has 0 radical (unpaired) electrons. The van der Waals surface area contributed by atoms with Gasteiger partial charge in [0.05, 0.1) is 11.4 Å². The van der Waals surface area contributed by atoms with Crippen molar-refractivity contribution in [3.8, 4) is 0 Å². The molecule has 0 saturated heterocycles. The summed E-state index contributed by atoms with van der Waals surface area (Å²) in [5.41, 5.74) is 1.99. The average Bonchev–Trinajstić information content (AvgIpc) is 2.12. The highest BCUT2D eigenvalue weighted by Crippen LogP contribution is 2.17. The van der Waals surface area contributed by atoms with Crippen LogP contribution in [0.5, 0.6) is 0 Å². The van der Waals surface area contributed by atoms with Gasteiger partial charge in [0.2, 0.25) is 0 Å². The third-order valence-electron chi connectivity index (χ3n) is 2.06. The molecular weight excluding hydrogens is 162 g/mol. The van der Waals surface area contributed by atoms with Crippen LogP contribution in [0, 0.1) is 13.8 Å². The van der Waals surface area contributed by atoms with Crippen molar-refractivity contribution in [1.29, 1.82) is 0 Å². The zero-order chi connectivity index (χ0) is 8.55. The number of fused-ring (bicyclic) bond motifs is 1. The Labute approximate surface area is 77.4 Å². The Hall–Kier alpha value is -1.48. The second-order valence-corrected chi connectivity index (χ2v) is 2.92. The first-order valence-electron chi connectivity index (χ1n) is 3.97. The van der Waals surface area contributed by atoms with E-state index in [1.54, 1.807) is 0 Å². The fourth-order valence-electron chi connectivity index (χ4n) is 1.37. The molecule has 0 aliphatic rings. The predicted octanol–water partition coefficient (Wildman–Crippen LogP) is 2.41. The highest BCUT2D eigenvalue weighted by Gasteiger charge is 2.00. The van der Waals surface area contributed by atoms with Gasteiger partial charge in [-0.25, -0.2) is 0 Å². The van der Waals surface area contributed by atoms with Gasteiger partial charge in [0.25, 0.3) is 0 Å². The number of aryl methyl sites for hydroxylation is 2. The second-order valence-electron chi connectivity index (χ2n) is 2.92. The zero-order valence-electron chi connectivity index (χ0n) is 7.91. The van der Waals surface area contributed by atoms with Gasteiger partial charge < -0.3 is 6.15 Å². The van der Waals surface area contributed by atoms with Gasteiger partial charge in [-0.05, 0) is 13.8 Å². The van der Waals surface area contributed by atoms with E-state index in [0.717, 1.165) is 11.4 Å². The molecule has 0 saturated carbocycles. The van der Waals surface area contributed by atoms with Crippen molar-refractivity contribution in [3.05, 3.63) is 35.7 Å². The van der Waals surface area contributed by atoms with E-state index >= 15 is 0 Å². The molecule has 68 valence electrons. The second kappa shape index (κ2) is 3.49. The molecule has 1 heterocycles. The summed E-state index contributed by atoms with van der Waals surface area (Å²) < 4.78 is 0. The summed E-state index contributed by atoms with van der Waals surface area (Å²) in [5.74, 6) is 0. The maximum atomic E-state index is 4.06. The van der Waals surface area contributed by atoms with Crippen LogP contribution in [0.15, 0.2) is 24.3 Å². The van der Waals surface area contributed by atoms with Crippen molar-refractivity contribution in [2.75, 3.05) is 0 Å². The van der Waals surface area contributed by atoms with Crippen LogP contribution < -0.4 is 6.15 Å². The Kier molecular flexibility index (Phi) is 2.58. The molecule has 0 aliphatic heterocycles. The summed E-state index contributed by atoms with van der Waals surface area (Å²) in [4.78, 5) is 0. The van der Waals surface area contributed by atoms with Gasteiger partial charge in [-0.3, -0.25) is 0 Å². The Morgan fingerprint density at radius 1 is 0.846 bits per heavy atom. The maximum Gasteiger partial charge on any atom is 0.0678 e. The third-order valence-corrected chi connectivity index (χ3v) is 2.06. The first-order valence-corrected chi connectivity index (χ1v) is 3.97. The number of benzene rings is 1. The number of aromatic nitrogens is 2. The number of nitrogens with zero attached hydrogens (tertiary/aromatic N) is 2. The fourth-order valence-corrected chi connectivity index (χ4v) is 1.37. The lowest BCUT2D eigenvalue weighted by molar-refractivity contribution is 0.964. The van der Waals surface area contributed by atoms with Crippen molar-refractivity contribution >= 4 is 10.8 Å². The maximum absolute atomic E-state index is 4.06. The third kappa shape index (κ3) is 1.51. The van der Waals surface area contributed by atoms with Crippen molar-refractivity contribution in [2.24, 2.45) is 0 Å². The van der Waals surface area contributed by atoms with Crippen molar-refractivity contribution < 1.29 is 0 Å². The lowest BCUT2D eigenvalue weighted by atomic mass is 10.1. The van der Waals surface area contributed by atoms with E-state index in [2.05, 4.69) is 22.3 Å². The first-order chi connectivity index (χ1) is 5.79. The molecular formula is C10H13N3. The summed E-state index contributed by atoms with van der Waals surface area (Å²) >= 11 is 0. The minimum absolute atomic E-state index is 0. The van der Waals surface area contributed by atoms with E-state index in [-0.39, 0.29) is 6.15 Å². The zero-order valence-corrected chi connectivity index (χ0v) is 7.91. The van der Waals surface area contributed by atoms with Gasteiger partial charge >= 0.3 is 0 Å². The molecule has 1 aromatic heterocycles. The topological polar surface area (TPSA) is 60.8 Å². The average molecular weight is 175 g/mol. The standard InChI is InChI=1S/C10H10N2.H3N/c1-7-9-5-3-4-6-10(9)8(2)12-11-7;/h3-6H,1-2H3;1H3. The molecule has 3 heteroatoms. The molecule has 13 heavy (non-hydrogen) atoms. The minimum atomic E-state index is 0. The van der Waals surface area contributed by atoms with E-state index in [1.165, 1.54) is 10.8 Å². The molecule has 0 atom stereocenters. The van der Waals surface area contributed by atoms with Crippen LogP contribution in [0.25, 0.3) is 10.8 Å². The molecule has 0 aliphatic carbocycles. The highest BCUT2D eigenvalue weighted by atomic mass is 15.1. The van der Waals surface area contributed by atoms with Crippen molar-refractivity contribution in [1.82, 2.24) is 16.3 Å². The number of hydrogen-bond donors (Lipinski definition) is 1. The van der Waals surface area contributed by atoms with Crippen molar-refractivity contribution in [2.45, 2.75) is 13.8 Å². The van der Waals surface area contributed by atoms with E-state index in [9.17, 15) is 0 Å². The quantitative estimate of drug-likeness (QED) is 0.668. The van der Waals surface area contributed by atoms with E-state index in [1.807, 2.05) is 26.0 Å². The lowest BCUT2D eigenvalue weighted by Gasteiger charge is -2.01. The first kappa shape index (κ1) is 9.61. The molecule has 2 rings (SSSR count). The van der Waals surface area contributed by atoms with Crippen LogP contribution in [0.4, 0.5) is 0 Å². The van der Waals surface area contributed by atoms with Gasteiger partial charge in [-0.2, -0.15) is 10.2 Å². The Morgan fingerprint density at radius 2 is 1.23 bits per heavy atom. The van der Waals surface area contributed by atoms with Crippen LogP contribution in [-0.4, -0.2) is 10.2 Å². The van der Waals surface area contributed by atoms with Crippen molar-refractivity contribution in [3.63, 3.8) is 0 Å². The van der Waals surface area contributed by atoms with Crippen LogP contribution >= 0.6 is 0 Å². The molecule has 3 nitrogen and oxygen atoms in total. The summed E-state index contributed by atoms with van der Waals surface area (Å²) in [6.07, 6.45) is 0. The van der Waals surface area contributed by atoms with Gasteiger partial charge in [-0.1, -0.05) is 24.3 Å². The molecule has 2 aromatic rings. The Balaban J connectivity index is 0.000000845. The van der Waals surface area contributed by atoms with Crippen LogP contribution in [0.2, 0.25) is 0 Å². The number of rotatable bonds is 0. The molecule has 0 fully saturated rings. The number of hydrogen-bond acceptors (Lipinski definition) is 3. The SMILES string of the molecule is Cc1nnc(C)c2ccccc12.N. The Morgan fingerprint density at radius 3 is 1.62 bits per heavy atom. The minimum Gasteiger partial charge on any atom is -0.344 e. The normalized spacial score (nSPS) is 9.69. The van der Waals surface area contributed by atoms with E-state index in [0.29, 0.717) is 0 Å². The molecule has 0 amide bonds. The summed E-state index contributed by atoms with van der Waals surface area (Å²) in [7, 11) is 0. The van der Waals surface area contributed by atoms with Gasteiger partial charge in [0.15, 0.2) is 0 Å². The summed E-state index contributed by atoms with van der Waals surface area (Å²) in [6, 6.07) is 8.20. The fraction of sp³-hybridized carbons (Fsp3) is 0.200. The molecule has 0 unspecified atom stereocenters. The highest BCUT2D eigenvalue weighted by molar-refractivity contribution is 5.85. The smallest absolute Gasteiger partial charge is 0.0678 e. The van der Waals surface area contributed by atoms with Crippen LogP contribution in [-0.2, 0) is 0 Å². The van der Waals surface area contributed by atoms with Gasteiger partial charge in [-0.15, -0.1) is 0 Å². The van der Waals surface area contributed by atoms with Crippen LogP contribution in [0.1, 0.15) is 11.4 Å². The summed E-state index contributed by atoms with van der Waals surface area (Å²) in [5, 5.41) is 10.5. The monoisotopic (exact) mass is 175 g/mol. The molecule has 1 aromatic carbocycles. The van der Waals surface area contributed by atoms with E-state index < -0.39 is 0 Å². The van der Waals surface area contributed by atoms with Gasteiger partial charge in [0, 0.05) is 10.8 Å². The molecule has 3 N–H and O–H groups in total. The summed E-state index contributed by atoms with van der Waals surface area (Å²) in [6.45, 7) is 3.96. The lowest BCUT2D eigenvalue weighted by Crippen LogP contribution is -1.91. The van der Waals surface area contributed by atoms with Gasteiger partial charge in [0.1, 0.15) is 0 Å². The largest absolute Gasteiger partial charge is 0.344 e. The van der Waals surface area contributed by atoms with Crippen LogP contribution in [0.3, 0.4) is 0 Å². The Bertz CT molecular complexity index is 383. The molecule has 0 spiro atoms.